The van der Waals surface area contributed by atoms with Gasteiger partial charge < -0.3 is 18.8 Å². The van der Waals surface area contributed by atoms with E-state index >= 15 is 0 Å². The molecule has 0 spiro atoms. The Balaban J connectivity index is 1.84. The molecule has 7 heteroatoms. The summed E-state index contributed by atoms with van der Waals surface area (Å²) in [6, 6.07) is 9.67. The fourth-order valence-corrected chi connectivity index (χ4v) is 3.13. The quantitative estimate of drug-likeness (QED) is 0.764. The van der Waals surface area contributed by atoms with Crippen LogP contribution < -0.4 is 0 Å². The minimum atomic E-state index is -1.31. The van der Waals surface area contributed by atoms with Crippen LogP contribution in [-0.2, 0) is 19.0 Å². The highest BCUT2D eigenvalue weighted by Gasteiger charge is 2.45. The SMILES string of the molecule is COC(=O)C1(OC(=O)c2cncn2C(C)c2ccccc2)CCOCC1. The van der Waals surface area contributed by atoms with Crippen LogP contribution in [-0.4, -0.2) is 47.4 Å². The van der Waals surface area contributed by atoms with E-state index in [4.69, 9.17) is 14.2 Å². The molecule has 0 saturated carbocycles. The summed E-state index contributed by atoms with van der Waals surface area (Å²) in [4.78, 5) is 29.2. The van der Waals surface area contributed by atoms with E-state index in [0.717, 1.165) is 5.56 Å². The first-order chi connectivity index (χ1) is 12.6. The molecule has 1 saturated heterocycles. The molecule has 2 heterocycles. The molecule has 0 N–H and O–H groups in total. The smallest absolute Gasteiger partial charge is 0.357 e. The van der Waals surface area contributed by atoms with Crippen molar-refractivity contribution in [3.05, 3.63) is 54.1 Å². The van der Waals surface area contributed by atoms with Gasteiger partial charge in [-0.3, -0.25) is 0 Å². The second-order valence-electron chi connectivity index (χ2n) is 6.26. The van der Waals surface area contributed by atoms with Gasteiger partial charge in [0.25, 0.3) is 0 Å². The molecule has 0 amide bonds. The standard InChI is InChI=1S/C19H22N2O5/c1-14(15-6-4-3-5-7-15)21-13-20-12-16(21)17(22)26-19(18(23)24-2)8-10-25-11-9-19/h3-7,12-14H,8-11H2,1-2H3. The molecule has 1 aromatic carbocycles. The Hall–Kier alpha value is -2.67. The van der Waals surface area contributed by atoms with Gasteiger partial charge in [-0.2, -0.15) is 0 Å². The van der Waals surface area contributed by atoms with E-state index in [2.05, 4.69) is 4.98 Å². The predicted molar refractivity (Wildman–Crippen MR) is 92.7 cm³/mol. The van der Waals surface area contributed by atoms with Gasteiger partial charge in [0, 0.05) is 12.8 Å². The van der Waals surface area contributed by atoms with Crippen LogP contribution in [0, 0.1) is 0 Å². The maximum absolute atomic E-state index is 12.8. The number of ether oxygens (including phenoxy) is 3. The van der Waals surface area contributed by atoms with Crippen LogP contribution in [0.1, 0.15) is 41.9 Å². The zero-order chi connectivity index (χ0) is 18.6. The number of hydrogen-bond donors (Lipinski definition) is 0. The lowest BCUT2D eigenvalue weighted by Crippen LogP contribution is -2.48. The Bertz CT molecular complexity index is 765. The lowest BCUT2D eigenvalue weighted by atomic mass is 9.94. The summed E-state index contributed by atoms with van der Waals surface area (Å²) in [6.07, 6.45) is 3.58. The minimum Gasteiger partial charge on any atom is -0.466 e. The molecule has 3 rings (SSSR count). The highest BCUT2D eigenvalue weighted by atomic mass is 16.6. The van der Waals surface area contributed by atoms with Crippen molar-refractivity contribution < 1.29 is 23.8 Å². The van der Waals surface area contributed by atoms with Crippen LogP contribution in [0.25, 0.3) is 0 Å². The van der Waals surface area contributed by atoms with Crippen molar-refractivity contribution in [3.63, 3.8) is 0 Å². The van der Waals surface area contributed by atoms with Crippen LogP contribution in [0.15, 0.2) is 42.9 Å². The molecule has 1 unspecified atom stereocenters. The molecule has 0 aliphatic carbocycles. The maximum Gasteiger partial charge on any atom is 0.357 e. The van der Waals surface area contributed by atoms with Crippen molar-refractivity contribution in [1.29, 1.82) is 0 Å². The third-order valence-corrected chi connectivity index (χ3v) is 4.72. The van der Waals surface area contributed by atoms with Crippen molar-refractivity contribution in [2.24, 2.45) is 0 Å². The Morgan fingerprint density at radius 1 is 1.23 bits per heavy atom. The molecule has 1 aromatic heterocycles. The summed E-state index contributed by atoms with van der Waals surface area (Å²) in [6.45, 7) is 2.64. The highest BCUT2D eigenvalue weighted by molar-refractivity contribution is 5.91. The molecular formula is C19H22N2O5. The first-order valence-corrected chi connectivity index (χ1v) is 8.54. The number of imidazole rings is 1. The van der Waals surface area contributed by atoms with Crippen LogP contribution in [0.3, 0.4) is 0 Å². The van der Waals surface area contributed by atoms with Crippen molar-refractivity contribution in [1.82, 2.24) is 9.55 Å². The minimum absolute atomic E-state index is 0.106. The van der Waals surface area contributed by atoms with E-state index in [9.17, 15) is 9.59 Å². The Kier molecular flexibility index (Phi) is 5.37. The Labute approximate surface area is 151 Å². The topological polar surface area (TPSA) is 79.7 Å². The summed E-state index contributed by atoms with van der Waals surface area (Å²) in [7, 11) is 1.29. The fourth-order valence-electron chi connectivity index (χ4n) is 3.13. The van der Waals surface area contributed by atoms with Crippen molar-refractivity contribution in [2.75, 3.05) is 20.3 Å². The molecular weight excluding hydrogens is 336 g/mol. The number of nitrogens with zero attached hydrogens (tertiary/aromatic N) is 2. The zero-order valence-corrected chi connectivity index (χ0v) is 14.9. The molecule has 0 radical (unpaired) electrons. The molecule has 1 fully saturated rings. The normalized spacial score (nSPS) is 17.3. The Morgan fingerprint density at radius 2 is 1.92 bits per heavy atom. The van der Waals surface area contributed by atoms with E-state index in [1.54, 1.807) is 10.9 Å². The maximum atomic E-state index is 12.8. The fraction of sp³-hybridized carbons (Fsp3) is 0.421. The van der Waals surface area contributed by atoms with Gasteiger partial charge in [-0.1, -0.05) is 30.3 Å². The monoisotopic (exact) mass is 358 g/mol. The number of carbonyl (C=O) groups excluding carboxylic acids is 2. The lowest BCUT2D eigenvalue weighted by Gasteiger charge is -2.33. The first-order valence-electron chi connectivity index (χ1n) is 8.54. The number of aromatic nitrogens is 2. The van der Waals surface area contributed by atoms with Gasteiger partial charge in [0.1, 0.15) is 5.69 Å². The van der Waals surface area contributed by atoms with Crippen molar-refractivity contribution in [2.45, 2.75) is 31.4 Å². The van der Waals surface area contributed by atoms with Gasteiger partial charge in [0.05, 0.1) is 38.9 Å². The van der Waals surface area contributed by atoms with Gasteiger partial charge in [0.15, 0.2) is 0 Å². The average Bonchev–Trinajstić information content (AvgIpc) is 3.18. The van der Waals surface area contributed by atoms with E-state index in [0.29, 0.717) is 13.2 Å². The van der Waals surface area contributed by atoms with Crippen LogP contribution >= 0.6 is 0 Å². The predicted octanol–water partition coefficient (Wildman–Crippen LogP) is 2.37. The molecule has 1 atom stereocenters. The third-order valence-electron chi connectivity index (χ3n) is 4.72. The van der Waals surface area contributed by atoms with E-state index < -0.39 is 17.5 Å². The van der Waals surface area contributed by atoms with Gasteiger partial charge in [0.2, 0.25) is 5.60 Å². The summed E-state index contributed by atoms with van der Waals surface area (Å²) in [5.74, 6) is -1.16. The lowest BCUT2D eigenvalue weighted by molar-refractivity contribution is -0.172. The summed E-state index contributed by atoms with van der Waals surface area (Å²) in [5, 5.41) is 0. The van der Waals surface area contributed by atoms with Gasteiger partial charge in [-0.25, -0.2) is 14.6 Å². The van der Waals surface area contributed by atoms with Crippen LogP contribution in [0.2, 0.25) is 0 Å². The third kappa shape index (κ3) is 3.48. The van der Waals surface area contributed by atoms with Crippen LogP contribution in [0.5, 0.6) is 0 Å². The molecule has 138 valence electrons. The largest absolute Gasteiger partial charge is 0.466 e. The second kappa shape index (κ2) is 7.70. The van der Waals surface area contributed by atoms with E-state index in [1.165, 1.54) is 13.3 Å². The van der Waals surface area contributed by atoms with Crippen LogP contribution in [0.4, 0.5) is 0 Å². The number of benzene rings is 1. The molecule has 26 heavy (non-hydrogen) atoms. The molecule has 2 aromatic rings. The first kappa shape index (κ1) is 18.1. The van der Waals surface area contributed by atoms with E-state index in [1.807, 2.05) is 37.3 Å². The average molecular weight is 358 g/mol. The van der Waals surface area contributed by atoms with Gasteiger partial charge >= 0.3 is 11.9 Å². The molecule has 1 aliphatic rings. The molecule has 7 nitrogen and oxygen atoms in total. The number of rotatable bonds is 5. The summed E-state index contributed by atoms with van der Waals surface area (Å²) >= 11 is 0. The number of carbonyl (C=O) groups is 2. The number of methoxy groups -OCH3 is 1. The van der Waals surface area contributed by atoms with Crippen molar-refractivity contribution in [3.8, 4) is 0 Å². The summed E-state index contributed by atoms with van der Waals surface area (Å²) in [5.41, 5.74) is 0.0132. The Morgan fingerprint density at radius 3 is 2.58 bits per heavy atom. The van der Waals surface area contributed by atoms with Gasteiger partial charge in [-0.15, -0.1) is 0 Å². The molecule has 0 bridgehead atoms. The number of esters is 2. The zero-order valence-electron chi connectivity index (χ0n) is 14.9. The summed E-state index contributed by atoms with van der Waals surface area (Å²) < 4.78 is 17.5. The number of hydrogen-bond acceptors (Lipinski definition) is 6. The van der Waals surface area contributed by atoms with Gasteiger partial charge in [-0.05, 0) is 12.5 Å². The highest BCUT2D eigenvalue weighted by Crippen LogP contribution is 2.29. The molecule has 1 aliphatic heterocycles. The van der Waals surface area contributed by atoms with Crippen molar-refractivity contribution >= 4 is 11.9 Å². The second-order valence-corrected chi connectivity index (χ2v) is 6.26. The van der Waals surface area contributed by atoms with E-state index in [-0.39, 0.29) is 24.6 Å².